The number of aromatic nitrogens is 2. The van der Waals surface area contributed by atoms with Crippen LogP contribution in [0.4, 0.5) is 11.5 Å². The molecule has 3 heterocycles. The molecule has 1 saturated heterocycles. The number of fused-ring (bicyclic) bond motifs is 3. The number of hydrogen-bond donors (Lipinski definition) is 1. The van der Waals surface area contributed by atoms with Gasteiger partial charge in [0.2, 0.25) is 0 Å². The Morgan fingerprint density at radius 3 is 3.00 bits per heavy atom. The number of carbonyl (C=O) groups is 1. The zero-order valence-electron chi connectivity index (χ0n) is 17.3. The second-order valence-corrected chi connectivity index (χ2v) is 9.70. The molecule has 1 aliphatic carbocycles. The zero-order chi connectivity index (χ0) is 20.5. The number of nitrogens with zero attached hydrogens (tertiary/aromatic N) is 3. The maximum atomic E-state index is 11.9. The lowest BCUT2D eigenvalue weighted by Gasteiger charge is -2.30. The molecule has 1 aromatic heterocycles. The lowest BCUT2D eigenvalue weighted by Crippen LogP contribution is -2.25. The van der Waals surface area contributed by atoms with Gasteiger partial charge in [0.05, 0.1) is 12.3 Å². The second kappa shape index (κ2) is 8.55. The average molecular weight is 425 g/mol. The Balaban J connectivity index is 1.20. The molecular formula is C23H28N4O2S. The van der Waals surface area contributed by atoms with E-state index in [2.05, 4.69) is 38.4 Å². The number of anilines is 2. The van der Waals surface area contributed by atoms with Gasteiger partial charge in [-0.3, -0.25) is 9.69 Å². The van der Waals surface area contributed by atoms with Crippen molar-refractivity contribution in [2.75, 3.05) is 25.0 Å². The first-order valence-electron chi connectivity index (χ1n) is 10.9. The standard InChI is InChI=1S/C23H28N4O2S/c1-2-29-21(28)11-15-3-5-17-13-27(14-18(17)9-15)12-16-4-6-20-19(10-16)26-22-23(30-20)25-8-7-24-22/h4,6-8,10,15,17-18H,2-3,5,9,11-14H2,1H3,(H,24,26). The van der Waals surface area contributed by atoms with Crippen LogP contribution in [0.15, 0.2) is 40.5 Å². The molecule has 158 valence electrons. The summed E-state index contributed by atoms with van der Waals surface area (Å²) in [5, 5.41) is 4.36. The Hall–Kier alpha value is -2.12. The Labute approximate surface area is 181 Å². The first-order valence-corrected chi connectivity index (χ1v) is 11.8. The Morgan fingerprint density at radius 2 is 2.10 bits per heavy atom. The highest BCUT2D eigenvalue weighted by Gasteiger charge is 2.38. The minimum atomic E-state index is -0.0264. The van der Waals surface area contributed by atoms with E-state index in [4.69, 9.17) is 4.74 Å². The molecule has 3 unspecified atom stereocenters. The number of likely N-dealkylation sites (tertiary alicyclic amines) is 1. The summed E-state index contributed by atoms with van der Waals surface area (Å²) in [4.78, 5) is 24.4. The van der Waals surface area contributed by atoms with E-state index in [-0.39, 0.29) is 5.97 Å². The lowest BCUT2D eigenvalue weighted by atomic mass is 9.75. The van der Waals surface area contributed by atoms with Crippen molar-refractivity contribution >= 4 is 29.2 Å². The third-order valence-corrected chi connectivity index (χ3v) is 7.64. The number of carbonyl (C=O) groups excluding carboxylic acids is 1. The van der Waals surface area contributed by atoms with E-state index < -0.39 is 0 Å². The first kappa shape index (κ1) is 19.8. The summed E-state index contributed by atoms with van der Waals surface area (Å²) in [6.45, 7) is 5.65. The van der Waals surface area contributed by atoms with Gasteiger partial charge in [0.15, 0.2) is 5.82 Å². The molecule has 30 heavy (non-hydrogen) atoms. The van der Waals surface area contributed by atoms with E-state index in [0.29, 0.717) is 24.9 Å². The fourth-order valence-electron chi connectivity index (χ4n) is 5.23. The zero-order valence-corrected chi connectivity index (χ0v) is 18.2. The van der Waals surface area contributed by atoms with Gasteiger partial charge in [0.25, 0.3) is 0 Å². The highest BCUT2D eigenvalue weighted by atomic mass is 32.2. The van der Waals surface area contributed by atoms with E-state index in [0.717, 1.165) is 48.4 Å². The van der Waals surface area contributed by atoms with Crippen LogP contribution in [0.25, 0.3) is 0 Å². The highest BCUT2D eigenvalue weighted by molar-refractivity contribution is 7.99. The van der Waals surface area contributed by atoms with E-state index in [1.54, 1.807) is 24.2 Å². The van der Waals surface area contributed by atoms with Crippen molar-refractivity contribution in [3.05, 3.63) is 36.2 Å². The molecule has 2 aromatic rings. The summed E-state index contributed by atoms with van der Waals surface area (Å²) in [5.41, 5.74) is 2.45. The number of ether oxygens (including phenoxy) is 1. The van der Waals surface area contributed by atoms with Crippen molar-refractivity contribution in [2.24, 2.45) is 17.8 Å². The van der Waals surface area contributed by atoms with Gasteiger partial charge in [-0.25, -0.2) is 9.97 Å². The molecule has 6 nitrogen and oxygen atoms in total. The van der Waals surface area contributed by atoms with Crippen LogP contribution in [0.3, 0.4) is 0 Å². The first-order chi connectivity index (χ1) is 14.7. The molecule has 3 aliphatic rings. The fourth-order valence-corrected chi connectivity index (χ4v) is 6.11. The molecule has 2 aliphatic heterocycles. The molecule has 1 N–H and O–H groups in total. The van der Waals surface area contributed by atoms with Crippen molar-refractivity contribution in [3.63, 3.8) is 0 Å². The van der Waals surface area contributed by atoms with E-state index >= 15 is 0 Å². The summed E-state index contributed by atoms with van der Waals surface area (Å²) >= 11 is 1.67. The maximum absolute atomic E-state index is 11.9. The third kappa shape index (κ3) is 4.18. The summed E-state index contributed by atoms with van der Waals surface area (Å²) in [7, 11) is 0. The number of benzene rings is 1. The quantitative estimate of drug-likeness (QED) is 0.606. The predicted molar refractivity (Wildman–Crippen MR) is 117 cm³/mol. The van der Waals surface area contributed by atoms with Crippen LogP contribution >= 0.6 is 11.8 Å². The molecule has 3 atom stereocenters. The van der Waals surface area contributed by atoms with Crippen LogP contribution in [0, 0.1) is 17.8 Å². The molecule has 0 spiro atoms. The number of nitrogens with one attached hydrogen (secondary N) is 1. The van der Waals surface area contributed by atoms with Gasteiger partial charge in [-0.05, 0) is 61.6 Å². The monoisotopic (exact) mass is 424 g/mol. The highest BCUT2D eigenvalue weighted by Crippen LogP contribution is 2.43. The van der Waals surface area contributed by atoms with Gasteiger partial charge in [-0.1, -0.05) is 17.8 Å². The maximum Gasteiger partial charge on any atom is 0.306 e. The van der Waals surface area contributed by atoms with Gasteiger partial charge >= 0.3 is 5.97 Å². The number of esters is 1. The van der Waals surface area contributed by atoms with Crippen LogP contribution < -0.4 is 5.32 Å². The molecule has 7 heteroatoms. The Morgan fingerprint density at radius 1 is 1.23 bits per heavy atom. The molecule has 2 fully saturated rings. The summed E-state index contributed by atoms with van der Waals surface area (Å²) in [6.07, 6.45) is 7.62. The van der Waals surface area contributed by atoms with Gasteiger partial charge in [0.1, 0.15) is 5.03 Å². The van der Waals surface area contributed by atoms with E-state index in [1.807, 2.05) is 6.92 Å². The van der Waals surface area contributed by atoms with Crippen LogP contribution in [0.5, 0.6) is 0 Å². The average Bonchev–Trinajstić information content (AvgIpc) is 3.14. The van der Waals surface area contributed by atoms with Crippen LogP contribution in [0.1, 0.15) is 38.2 Å². The number of hydrogen-bond acceptors (Lipinski definition) is 7. The lowest BCUT2D eigenvalue weighted by molar-refractivity contribution is -0.144. The summed E-state index contributed by atoms with van der Waals surface area (Å²) in [5.74, 6) is 2.80. The summed E-state index contributed by atoms with van der Waals surface area (Å²) in [6, 6.07) is 6.68. The molecule has 0 bridgehead atoms. The third-order valence-electron chi connectivity index (χ3n) is 6.57. The van der Waals surface area contributed by atoms with Gasteiger partial charge < -0.3 is 10.1 Å². The minimum Gasteiger partial charge on any atom is -0.466 e. The second-order valence-electron chi connectivity index (χ2n) is 8.67. The largest absolute Gasteiger partial charge is 0.466 e. The van der Waals surface area contributed by atoms with Crippen molar-refractivity contribution in [3.8, 4) is 0 Å². The smallest absolute Gasteiger partial charge is 0.306 e. The number of rotatable bonds is 5. The van der Waals surface area contributed by atoms with Crippen molar-refractivity contribution < 1.29 is 9.53 Å². The van der Waals surface area contributed by atoms with E-state index in [1.165, 1.54) is 23.4 Å². The molecule has 5 rings (SSSR count). The molecule has 1 saturated carbocycles. The Bertz CT molecular complexity index is 937. The van der Waals surface area contributed by atoms with Crippen LogP contribution in [-0.2, 0) is 16.1 Å². The van der Waals surface area contributed by atoms with E-state index in [9.17, 15) is 4.79 Å². The topological polar surface area (TPSA) is 67.3 Å². The van der Waals surface area contributed by atoms with Crippen molar-refractivity contribution in [1.82, 2.24) is 14.9 Å². The molecule has 0 amide bonds. The van der Waals surface area contributed by atoms with Crippen LogP contribution in [-0.4, -0.2) is 40.5 Å². The van der Waals surface area contributed by atoms with Crippen molar-refractivity contribution in [1.29, 1.82) is 0 Å². The normalized spacial score (nSPS) is 25.0. The van der Waals surface area contributed by atoms with Crippen LogP contribution in [0.2, 0.25) is 0 Å². The van der Waals surface area contributed by atoms with Gasteiger partial charge in [-0.15, -0.1) is 0 Å². The summed E-state index contributed by atoms with van der Waals surface area (Å²) < 4.78 is 5.16. The Kier molecular flexibility index (Phi) is 5.65. The molecular weight excluding hydrogens is 396 g/mol. The predicted octanol–water partition coefficient (Wildman–Crippen LogP) is 4.49. The fraction of sp³-hybridized carbons (Fsp3) is 0.522. The SMILES string of the molecule is CCOC(=O)CC1CCC2CN(Cc3ccc4c(c3)Nc3nccnc3S4)CC2C1. The van der Waals surface area contributed by atoms with Gasteiger partial charge in [0, 0.05) is 43.3 Å². The molecule has 0 radical (unpaired) electrons. The minimum absolute atomic E-state index is 0.0264. The van der Waals surface area contributed by atoms with Gasteiger partial charge in [-0.2, -0.15) is 0 Å². The van der Waals surface area contributed by atoms with Crippen molar-refractivity contribution in [2.45, 2.75) is 49.1 Å². The molecule has 1 aromatic carbocycles.